The fourth-order valence-electron chi connectivity index (χ4n) is 1.82. The lowest BCUT2D eigenvalue weighted by Crippen LogP contribution is -2.09. The lowest BCUT2D eigenvalue weighted by atomic mass is 10.2. The number of hydrogen-bond donors (Lipinski definition) is 1. The number of alkyl halides is 3. The van der Waals surface area contributed by atoms with Gasteiger partial charge in [0.1, 0.15) is 0 Å². The summed E-state index contributed by atoms with van der Waals surface area (Å²) in [5.41, 5.74) is -2.07. The Morgan fingerprint density at radius 2 is 2.14 bits per heavy atom. The van der Waals surface area contributed by atoms with Crippen LogP contribution in [0.3, 0.4) is 0 Å². The van der Waals surface area contributed by atoms with Crippen molar-refractivity contribution >= 4 is 5.97 Å². The number of carboxylic acids is 1. The van der Waals surface area contributed by atoms with Crippen molar-refractivity contribution < 1.29 is 27.8 Å². The molecule has 5 nitrogen and oxygen atoms in total. The second-order valence-electron chi connectivity index (χ2n) is 4.05. The van der Waals surface area contributed by atoms with Gasteiger partial charge >= 0.3 is 12.1 Å². The molecule has 2 heterocycles. The molecule has 1 N–H and O–H groups in total. The van der Waals surface area contributed by atoms with Crippen LogP contribution in [0.4, 0.5) is 13.2 Å². The fourth-order valence-corrected chi connectivity index (χ4v) is 1.82. The summed E-state index contributed by atoms with van der Waals surface area (Å²) in [6.07, 6.45) is -1.82. The average Bonchev–Trinajstić information content (AvgIpc) is 2.85. The number of nitrogens with zero attached hydrogens (tertiary/aromatic N) is 2. The Morgan fingerprint density at radius 3 is 2.67 bits per heavy atom. The maximum atomic E-state index is 12.9. The number of pyridine rings is 1. The topological polar surface area (TPSA) is 64.4 Å². The predicted molar refractivity (Wildman–Crippen MR) is 66.7 cm³/mol. The van der Waals surface area contributed by atoms with Crippen LogP contribution in [0.5, 0.6) is 5.75 Å². The molecule has 21 heavy (non-hydrogen) atoms. The van der Waals surface area contributed by atoms with E-state index in [-0.39, 0.29) is 11.6 Å². The Bertz CT molecular complexity index is 665. The molecule has 0 saturated carbocycles. The molecule has 0 aromatic carbocycles. The van der Waals surface area contributed by atoms with Crippen LogP contribution in [0.15, 0.2) is 30.7 Å². The number of hydrogen-bond acceptors (Lipinski definition) is 3. The highest BCUT2D eigenvalue weighted by Crippen LogP contribution is 2.34. The highest BCUT2D eigenvalue weighted by Gasteiger charge is 2.37. The molecule has 2 aromatic heterocycles. The number of aromatic nitrogens is 2. The Balaban J connectivity index is 2.58. The lowest BCUT2D eigenvalue weighted by molar-refractivity contribution is -0.138. The summed E-state index contributed by atoms with van der Waals surface area (Å²) in [5, 5.41) is 8.90. The van der Waals surface area contributed by atoms with Gasteiger partial charge in [-0.2, -0.15) is 13.2 Å². The molecule has 2 rings (SSSR count). The van der Waals surface area contributed by atoms with Crippen molar-refractivity contribution in [1.29, 1.82) is 0 Å². The zero-order valence-corrected chi connectivity index (χ0v) is 10.9. The molecular formula is C13H11F3N2O3. The summed E-state index contributed by atoms with van der Waals surface area (Å²) in [5.74, 6) is -1.30. The van der Waals surface area contributed by atoms with E-state index in [1.54, 1.807) is 19.1 Å². The van der Waals surface area contributed by atoms with Gasteiger partial charge in [-0.1, -0.05) is 0 Å². The van der Waals surface area contributed by atoms with E-state index in [1.165, 1.54) is 6.20 Å². The first-order chi connectivity index (χ1) is 9.84. The minimum atomic E-state index is -4.76. The average molecular weight is 300 g/mol. The highest BCUT2D eigenvalue weighted by atomic mass is 19.4. The van der Waals surface area contributed by atoms with Crippen LogP contribution in [0, 0.1) is 0 Å². The van der Waals surface area contributed by atoms with E-state index in [2.05, 4.69) is 4.98 Å². The smallest absolute Gasteiger partial charge is 0.418 e. The summed E-state index contributed by atoms with van der Waals surface area (Å²) < 4.78 is 44.8. The largest absolute Gasteiger partial charge is 0.490 e. The molecular weight excluding hydrogens is 289 g/mol. The first kappa shape index (κ1) is 14.9. The normalized spacial score (nSPS) is 11.4. The van der Waals surface area contributed by atoms with Crippen molar-refractivity contribution in [2.24, 2.45) is 0 Å². The van der Waals surface area contributed by atoms with E-state index in [1.807, 2.05) is 0 Å². The molecule has 0 aliphatic carbocycles. The monoisotopic (exact) mass is 300 g/mol. The molecule has 8 heteroatoms. The quantitative estimate of drug-likeness (QED) is 0.942. The van der Waals surface area contributed by atoms with Crippen LogP contribution < -0.4 is 4.74 Å². The zero-order valence-electron chi connectivity index (χ0n) is 10.9. The van der Waals surface area contributed by atoms with Crippen molar-refractivity contribution in [3.63, 3.8) is 0 Å². The van der Waals surface area contributed by atoms with Crippen molar-refractivity contribution in [2.75, 3.05) is 6.61 Å². The van der Waals surface area contributed by atoms with Gasteiger partial charge in [0, 0.05) is 18.6 Å². The number of rotatable bonds is 4. The van der Waals surface area contributed by atoms with E-state index in [4.69, 9.17) is 9.84 Å². The van der Waals surface area contributed by atoms with Gasteiger partial charge in [0.2, 0.25) is 0 Å². The molecule has 0 atom stereocenters. The van der Waals surface area contributed by atoms with E-state index in [0.29, 0.717) is 12.8 Å². The van der Waals surface area contributed by atoms with Gasteiger partial charge in [-0.25, -0.2) is 9.78 Å². The van der Waals surface area contributed by atoms with Crippen LogP contribution in [0.25, 0.3) is 5.82 Å². The molecule has 0 amide bonds. The van der Waals surface area contributed by atoms with Gasteiger partial charge in [0.05, 0.1) is 17.7 Å². The zero-order chi connectivity index (χ0) is 15.6. The van der Waals surface area contributed by atoms with Gasteiger partial charge in [-0.3, -0.25) is 0 Å². The van der Waals surface area contributed by atoms with Gasteiger partial charge < -0.3 is 14.4 Å². The maximum absolute atomic E-state index is 12.9. The first-order valence-corrected chi connectivity index (χ1v) is 5.95. The number of halogens is 3. The van der Waals surface area contributed by atoms with Crippen LogP contribution in [-0.4, -0.2) is 27.2 Å². The van der Waals surface area contributed by atoms with Crippen molar-refractivity contribution in [3.8, 4) is 11.6 Å². The number of carbonyl (C=O) groups is 1. The van der Waals surface area contributed by atoms with E-state index >= 15 is 0 Å². The fraction of sp³-hybridized carbons (Fsp3) is 0.231. The lowest BCUT2D eigenvalue weighted by Gasteiger charge is -2.09. The summed E-state index contributed by atoms with van der Waals surface area (Å²) >= 11 is 0. The molecule has 0 aliphatic rings. The second-order valence-corrected chi connectivity index (χ2v) is 4.05. The minimum Gasteiger partial charge on any atom is -0.490 e. The summed E-state index contributed by atoms with van der Waals surface area (Å²) in [7, 11) is 0. The third-order valence-electron chi connectivity index (χ3n) is 2.66. The molecule has 0 radical (unpaired) electrons. The first-order valence-electron chi connectivity index (χ1n) is 5.95. The second kappa shape index (κ2) is 5.47. The third kappa shape index (κ3) is 2.99. The molecule has 0 saturated heterocycles. The van der Waals surface area contributed by atoms with E-state index in [0.717, 1.165) is 10.8 Å². The molecule has 0 aliphatic heterocycles. The van der Waals surface area contributed by atoms with Crippen molar-refractivity contribution in [1.82, 2.24) is 9.55 Å². The third-order valence-corrected chi connectivity index (χ3v) is 2.66. The SMILES string of the molecule is CCOc1cccnc1-n1cc(C(=O)O)c(C(F)(F)F)c1. The van der Waals surface area contributed by atoms with Crippen LogP contribution in [0.1, 0.15) is 22.8 Å². The van der Waals surface area contributed by atoms with Gasteiger partial charge in [0.25, 0.3) is 0 Å². The molecule has 0 bridgehead atoms. The molecule has 0 fully saturated rings. The number of aromatic carboxylic acids is 1. The van der Waals surface area contributed by atoms with Crippen molar-refractivity contribution in [2.45, 2.75) is 13.1 Å². The van der Waals surface area contributed by atoms with Gasteiger partial charge in [-0.05, 0) is 19.1 Å². The standard InChI is InChI=1S/C13H11F3N2O3/c1-2-21-10-4-3-5-17-11(10)18-6-8(12(19)20)9(7-18)13(14,15)16/h3-7H,2H2,1H3,(H,19,20). The van der Waals surface area contributed by atoms with Crippen molar-refractivity contribution in [3.05, 3.63) is 41.9 Å². The Hall–Kier alpha value is -2.51. The summed E-state index contributed by atoms with van der Waals surface area (Å²) in [6, 6.07) is 3.11. The van der Waals surface area contributed by atoms with E-state index in [9.17, 15) is 18.0 Å². The minimum absolute atomic E-state index is 0.0948. The predicted octanol–water partition coefficient (Wildman–Crippen LogP) is 2.99. The Kier molecular flexibility index (Phi) is 3.88. The van der Waals surface area contributed by atoms with E-state index < -0.39 is 23.3 Å². The van der Waals surface area contributed by atoms with Gasteiger partial charge in [0.15, 0.2) is 11.6 Å². The maximum Gasteiger partial charge on any atom is 0.418 e. The summed E-state index contributed by atoms with van der Waals surface area (Å²) in [4.78, 5) is 14.9. The number of ether oxygens (including phenoxy) is 1. The Labute approximate surface area is 117 Å². The molecule has 2 aromatic rings. The molecule has 0 unspecified atom stereocenters. The Morgan fingerprint density at radius 1 is 1.43 bits per heavy atom. The number of carboxylic acid groups (broad SMARTS) is 1. The van der Waals surface area contributed by atoms with Crippen LogP contribution in [0.2, 0.25) is 0 Å². The summed E-state index contributed by atoms with van der Waals surface area (Å²) in [6.45, 7) is 2.02. The molecule has 112 valence electrons. The van der Waals surface area contributed by atoms with Gasteiger partial charge in [-0.15, -0.1) is 0 Å². The molecule has 0 spiro atoms. The van der Waals surface area contributed by atoms with Crippen LogP contribution in [-0.2, 0) is 6.18 Å². The van der Waals surface area contributed by atoms with Crippen LogP contribution >= 0.6 is 0 Å². The highest BCUT2D eigenvalue weighted by molar-refractivity contribution is 5.89.